The van der Waals surface area contributed by atoms with Crippen LogP contribution in [0.4, 0.5) is 5.69 Å². The highest BCUT2D eigenvalue weighted by molar-refractivity contribution is 6.42. The topological polar surface area (TPSA) is 69.0 Å². The molecular weight excluding hydrogens is 411 g/mol. The fourth-order valence-corrected chi connectivity index (χ4v) is 3.16. The number of fused-ring (bicyclic) bond motifs is 1. The highest BCUT2D eigenvalue weighted by Gasteiger charge is 2.13. The summed E-state index contributed by atoms with van der Waals surface area (Å²) in [6.07, 6.45) is 0. The number of benzene rings is 3. The zero-order valence-electron chi connectivity index (χ0n) is 15.6. The Morgan fingerprint density at radius 2 is 1.66 bits per heavy atom. The predicted molar refractivity (Wildman–Crippen MR) is 115 cm³/mol. The Morgan fingerprint density at radius 3 is 2.31 bits per heavy atom. The zero-order chi connectivity index (χ0) is 20.5. The molecule has 0 bridgehead atoms. The van der Waals surface area contributed by atoms with Crippen molar-refractivity contribution in [3.63, 3.8) is 0 Å². The van der Waals surface area contributed by atoms with E-state index in [0.717, 1.165) is 22.5 Å². The summed E-state index contributed by atoms with van der Waals surface area (Å²) >= 11 is 11.9. The van der Waals surface area contributed by atoms with Gasteiger partial charge in [0.15, 0.2) is 0 Å². The lowest BCUT2D eigenvalue weighted by Gasteiger charge is -2.08. The molecule has 0 aliphatic rings. The Bertz CT molecular complexity index is 1220. The molecule has 0 aliphatic heterocycles. The molecular formula is C21H16Cl2N4O2. The molecule has 0 unspecified atom stereocenters. The molecule has 0 saturated heterocycles. The lowest BCUT2D eigenvalue weighted by atomic mass is 10.1. The van der Waals surface area contributed by atoms with Crippen LogP contribution >= 0.6 is 23.2 Å². The number of aryl methyl sites for hydroxylation is 1. The van der Waals surface area contributed by atoms with E-state index in [2.05, 4.69) is 15.5 Å². The summed E-state index contributed by atoms with van der Waals surface area (Å²) in [4.78, 5) is 14.1. The molecule has 0 saturated carbocycles. The summed E-state index contributed by atoms with van der Waals surface area (Å²) in [5.41, 5.74) is 4.13. The van der Waals surface area contributed by atoms with Gasteiger partial charge in [-0.15, -0.1) is 10.2 Å². The fraction of sp³-hybridized carbons (Fsp3) is 0.0952. The van der Waals surface area contributed by atoms with Crippen molar-refractivity contribution in [2.75, 3.05) is 12.4 Å². The molecule has 0 aliphatic carbocycles. The number of amides is 1. The van der Waals surface area contributed by atoms with Crippen molar-refractivity contribution in [3.8, 4) is 11.4 Å². The largest absolute Gasteiger partial charge is 0.497 e. The van der Waals surface area contributed by atoms with Crippen LogP contribution < -0.4 is 10.1 Å². The van der Waals surface area contributed by atoms with Crippen molar-refractivity contribution >= 4 is 45.8 Å². The first-order valence-electron chi connectivity index (χ1n) is 8.73. The van der Waals surface area contributed by atoms with Crippen LogP contribution in [0.3, 0.4) is 0 Å². The van der Waals surface area contributed by atoms with Crippen molar-refractivity contribution in [2.24, 2.45) is 0 Å². The molecule has 1 aromatic heterocycles. The van der Waals surface area contributed by atoms with Gasteiger partial charge < -0.3 is 10.1 Å². The van der Waals surface area contributed by atoms with Gasteiger partial charge in [0.25, 0.3) is 5.91 Å². The Kier molecular flexibility index (Phi) is 5.13. The van der Waals surface area contributed by atoms with Crippen molar-refractivity contribution in [1.82, 2.24) is 15.0 Å². The summed E-state index contributed by atoms with van der Waals surface area (Å²) in [5.74, 6) is 0.474. The fourth-order valence-electron chi connectivity index (χ4n) is 2.87. The highest BCUT2D eigenvalue weighted by atomic mass is 35.5. The first-order valence-corrected chi connectivity index (χ1v) is 9.49. The average Bonchev–Trinajstić information content (AvgIpc) is 3.13. The smallest absolute Gasteiger partial charge is 0.255 e. The van der Waals surface area contributed by atoms with Crippen LogP contribution in [0.5, 0.6) is 5.75 Å². The van der Waals surface area contributed by atoms with E-state index >= 15 is 0 Å². The maximum absolute atomic E-state index is 12.6. The molecule has 1 heterocycles. The number of nitrogens with one attached hydrogen (secondary N) is 1. The van der Waals surface area contributed by atoms with Crippen LogP contribution in [0.2, 0.25) is 10.0 Å². The van der Waals surface area contributed by atoms with Gasteiger partial charge in [0.05, 0.1) is 22.8 Å². The number of carbonyl (C=O) groups excluding carboxylic acids is 1. The van der Waals surface area contributed by atoms with Gasteiger partial charge >= 0.3 is 0 Å². The van der Waals surface area contributed by atoms with Crippen LogP contribution in [-0.4, -0.2) is 28.0 Å². The third-order valence-corrected chi connectivity index (χ3v) is 5.20. The molecule has 8 heteroatoms. The van der Waals surface area contributed by atoms with E-state index in [1.54, 1.807) is 30.1 Å². The summed E-state index contributed by atoms with van der Waals surface area (Å²) in [6.45, 7) is 1.90. The van der Waals surface area contributed by atoms with Gasteiger partial charge in [-0.25, -0.2) is 0 Å². The van der Waals surface area contributed by atoms with Gasteiger partial charge in [0, 0.05) is 11.3 Å². The van der Waals surface area contributed by atoms with E-state index in [4.69, 9.17) is 27.9 Å². The summed E-state index contributed by atoms with van der Waals surface area (Å²) in [7, 11) is 1.62. The summed E-state index contributed by atoms with van der Waals surface area (Å²) in [6, 6.07) is 15.9. The summed E-state index contributed by atoms with van der Waals surface area (Å²) < 4.78 is 5.18. The molecule has 0 radical (unpaired) electrons. The number of ether oxygens (including phenoxy) is 1. The predicted octanol–water partition coefficient (Wildman–Crippen LogP) is 5.30. The quantitative estimate of drug-likeness (QED) is 0.480. The SMILES string of the molecule is COc1ccc(-n2nc3cc(C)c(NC(=O)c4ccc(Cl)c(Cl)c4)cc3n2)cc1. The zero-order valence-corrected chi connectivity index (χ0v) is 17.1. The van der Waals surface area contributed by atoms with Gasteiger partial charge in [-0.2, -0.15) is 4.80 Å². The van der Waals surface area contributed by atoms with E-state index < -0.39 is 0 Å². The second-order valence-electron chi connectivity index (χ2n) is 6.43. The molecule has 4 rings (SSSR count). The monoisotopic (exact) mass is 426 g/mol. The number of anilines is 1. The summed E-state index contributed by atoms with van der Waals surface area (Å²) in [5, 5.41) is 12.7. The number of methoxy groups -OCH3 is 1. The minimum Gasteiger partial charge on any atom is -0.497 e. The van der Waals surface area contributed by atoms with Crippen molar-refractivity contribution in [1.29, 1.82) is 0 Å². The Morgan fingerprint density at radius 1 is 0.966 bits per heavy atom. The Labute approximate surface area is 177 Å². The standard InChI is InChI=1S/C21H16Cl2N4O2/c1-12-9-19-20(26-27(25-19)14-4-6-15(29-2)7-5-14)11-18(12)24-21(28)13-3-8-16(22)17(23)10-13/h3-11H,1-2H3,(H,24,28). The third kappa shape index (κ3) is 3.90. The van der Waals surface area contributed by atoms with E-state index in [1.807, 2.05) is 37.3 Å². The van der Waals surface area contributed by atoms with E-state index in [9.17, 15) is 4.79 Å². The number of hydrogen-bond donors (Lipinski definition) is 1. The molecule has 146 valence electrons. The maximum Gasteiger partial charge on any atom is 0.255 e. The normalized spacial score (nSPS) is 10.9. The molecule has 6 nitrogen and oxygen atoms in total. The Hall–Kier alpha value is -3.09. The number of aromatic nitrogens is 3. The van der Waals surface area contributed by atoms with Gasteiger partial charge in [-0.1, -0.05) is 23.2 Å². The van der Waals surface area contributed by atoms with Crippen LogP contribution in [0.1, 0.15) is 15.9 Å². The highest BCUT2D eigenvalue weighted by Crippen LogP contribution is 2.25. The van der Waals surface area contributed by atoms with Gasteiger partial charge in [0.2, 0.25) is 0 Å². The van der Waals surface area contributed by atoms with Gasteiger partial charge in [-0.05, 0) is 67.1 Å². The number of hydrogen-bond acceptors (Lipinski definition) is 4. The van der Waals surface area contributed by atoms with Crippen molar-refractivity contribution in [2.45, 2.75) is 6.92 Å². The first-order chi connectivity index (χ1) is 13.9. The van der Waals surface area contributed by atoms with Crippen LogP contribution in [0.15, 0.2) is 54.6 Å². The van der Waals surface area contributed by atoms with Crippen LogP contribution in [0.25, 0.3) is 16.7 Å². The Balaban J connectivity index is 1.64. The van der Waals surface area contributed by atoms with E-state index in [-0.39, 0.29) is 5.91 Å². The van der Waals surface area contributed by atoms with Crippen LogP contribution in [0, 0.1) is 6.92 Å². The number of rotatable bonds is 4. The molecule has 29 heavy (non-hydrogen) atoms. The van der Waals surface area contributed by atoms with Gasteiger partial charge in [-0.3, -0.25) is 4.79 Å². The lowest BCUT2D eigenvalue weighted by molar-refractivity contribution is 0.102. The van der Waals surface area contributed by atoms with E-state index in [1.165, 1.54) is 6.07 Å². The molecule has 0 atom stereocenters. The average molecular weight is 427 g/mol. The van der Waals surface area contributed by atoms with E-state index in [0.29, 0.717) is 26.8 Å². The molecule has 1 amide bonds. The molecule has 1 N–H and O–H groups in total. The maximum atomic E-state index is 12.6. The first kappa shape index (κ1) is 19.2. The van der Waals surface area contributed by atoms with Crippen LogP contribution in [-0.2, 0) is 0 Å². The second kappa shape index (κ2) is 7.73. The molecule has 3 aromatic carbocycles. The molecule has 4 aromatic rings. The van der Waals surface area contributed by atoms with Crippen molar-refractivity contribution in [3.05, 3.63) is 75.8 Å². The molecule has 0 spiro atoms. The van der Waals surface area contributed by atoms with Crippen molar-refractivity contribution < 1.29 is 9.53 Å². The number of nitrogens with zero attached hydrogens (tertiary/aromatic N) is 3. The molecule has 0 fully saturated rings. The number of halogens is 2. The minimum atomic E-state index is -0.284. The second-order valence-corrected chi connectivity index (χ2v) is 7.24. The van der Waals surface area contributed by atoms with Gasteiger partial charge in [0.1, 0.15) is 16.8 Å². The number of carbonyl (C=O) groups is 1. The lowest BCUT2D eigenvalue weighted by Crippen LogP contribution is -2.12. The minimum absolute atomic E-state index is 0.284. The third-order valence-electron chi connectivity index (χ3n) is 4.46.